The summed E-state index contributed by atoms with van der Waals surface area (Å²) in [4.78, 5) is 12.1. The zero-order chi connectivity index (χ0) is 14.0. The number of aryl methyl sites for hydroxylation is 2. The average molecular weight is 326 g/mol. The van der Waals surface area contributed by atoms with Crippen LogP contribution < -0.4 is 5.32 Å². The smallest absolute Gasteiger partial charge is 0.273 e. The van der Waals surface area contributed by atoms with E-state index in [1.165, 1.54) is 0 Å². The second-order valence-electron chi connectivity index (χ2n) is 4.27. The Morgan fingerprint density at radius 3 is 2.89 bits per heavy atom. The third kappa shape index (κ3) is 2.86. The fourth-order valence-electron chi connectivity index (χ4n) is 1.93. The predicted molar refractivity (Wildman–Crippen MR) is 74.7 cm³/mol. The molecule has 0 fully saturated rings. The van der Waals surface area contributed by atoms with Gasteiger partial charge < -0.3 is 5.32 Å². The van der Waals surface area contributed by atoms with E-state index in [1.807, 2.05) is 24.6 Å². The van der Waals surface area contributed by atoms with Gasteiger partial charge in [0.05, 0.1) is 16.2 Å². The quantitative estimate of drug-likeness (QED) is 0.933. The van der Waals surface area contributed by atoms with Crippen LogP contribution in [0.25, 0.3) is 0 Å². The van der Waals surface area contributed by atoms with E-state index in [2.05, 4.69) is 31.4 Å². The van der Waals surface area contributed by atoms with Crippen LogP contribution in [0.3, 0.4) is 0 Å². The highest BCUT2D eigenvalue weighted by molar-refractivity contribution is 9.10. The van der Waals surface area contributed by atoms with E-state index < -0.39 is 0 Å². The molecular formula is C12H16BrN5O. The first-order valence-corrected chi connectivity index (χ1v) is 6.84. The van der Waals surface area contributed by atoms with E-state index in [0.717, 1.165) is 12.2 Å². The Kier molecular flexibility index (Phi) is 4.04. The van der Waals surface area contributed by atoms with Crippen molar-refractivity contribution in [1.29, 1.82) is 0 Å². The van der Waals surface area contributed by atoms with Crippen molar-refractivity contribution in [2.75, 3.05) is 0 Å². The van der Waals surface area contributed by atoms with E-state index in [-0.39, 0.29) is 11.9 Å². The van der Waals surface area contributed by atoms with Crippen molar-refractivity contribution in [3.63, 3.8) is 0 Å². The van der Waals surface area contributed by atoms with Gasteiger partial charge in [0.2, 0.25) is 0 Å². The molecule has 19 heavy (non-hydrogen) atoms. The number of halogens is 1. The Hall–Kier alpha value is -1.63. The Morgan fingerprint density at radius 1 is 1.58 bits per heavy atom. The summed E-state index contributed by atoms with van der Waals surface area (Å²) in [6.07, 6.45) is 3.48. The first-order chi connectivity index (χ1) is 9.02. The zero-order valence-corrected chi connectivity index (χ0v) is 12.7. The highest BCUT2D eigenvalue weighted by Gasteiger charge is 2.18. The van der Waals surface area contributed by atoms with Crippen molar-refractivity contribution < 1.29 is 4.79 Å². The molecule has 2 rings (SSSR count). The third-order valence-electron chi connectivity index (χ3n) is 2.84. The number of amides is 1. The number of hydrogen-bond acceptors (Lipinski definition) is 3. The van der Waals surface area contributed by atoms with Gasteiger partial charge in [-0.1, -0.05) is 0 Å². The Morgan fingerprint density at radius 2 is 2.32 bits per heavy atom. The molecule has 0 aromatic carbocycles. The monoisotopic (exact) mass is 325 g/mol. The number of carbonyl (C=O) groups is 1. The number of rotatable bonds is 4. The molecule has 1 amide bonds. The summed E-state index contributed by atoms with van der Waals surface area (Å²) in [5.41, 5.74) is 1.36. The molecule has 7 heteroatoms. The van der Waals surface area contributed by atoms with Gasteiger partial charge in [-0.3, -0.25) is 14.2 Å². The van der Waals surface area contributed by atoms with E-state index in [9.17, 15) is 4.79 Å². The highest BCUT2D eigenvalue weighted by Crippen LogP contribution is 2.17. The van der Waals surface area contributed by atoms with Gasteiger partial charge in [-0.15, -0.1) is 0 Å². The molecule has 0 radical (unpaired) electrons. The van der Waals surface area contributed by atoms with Gasteiger partial charge in [-0.25, -0.2) is 0 Å². The molecule has 0 bridgehead atoms. The van der Waals surface area contributed by atoms with Gasteiger partial charge in [-0.2, -0.15) is 10.2 Å². The number of aromatic nitrogens is 4. The van der Waals surface area contributed by atoms with Gasteiger partial charge in [0.15, 0.2) is 5.69 Å². The van der Waals surface area contributed by atoms with Gasteiger partial charge in [-0.05, 0) is 35.8 Å². The molecule has 2 aromatic rings. The van der Waals surface area contributed by atoms with Crippen LogP contribution in [-0.4, -0.2) is 25.5 Å². The first-order valence-electron chi connectivity index (χ1n) is 6.04. The van der Waals surface area contributed by atoms with Gasteiger partial charge >= 0.3 is 0 Å². The molecule has 6 nitrogen and oxygen atoms in total. The lowest BCUT2D eigenvalue weighted by atomic mass is 10.2. The van der Waals surface area contributed by atoms with Crippen LogP contribution >= 0.6 is 15.9 Å². The molecular weight excluding hydrogens is 310 g/mol. The maximum absolute atomic E-state index is 12.1. The third-order valence-corrected chi connectivity index (χ3v) is 3.42. The Balaban J connectivity index is 2.13. The zero-order valence-electron chi connectivity index (χ0n) is 11.1. The Labute approximate surface area is 119 Å². The fourth-order valence-corrected chi connectivity index (χ4v) is 2.48. The van der Waals surface area contributed by atoms with E-state index in [0.29, 0.717) is 10.2 Å². The molecule has 0 aliphatic carbocycles. The van der Waals surface area contributed by atoms with E-state index in [1.54, 1.807) is 24.1 Å². The molecule has 0 saturated heterocycles. The SMILES string of the molecule is CCn1nccc1C(C)NC(=O)c1nn(C)cc1Br. The van der Waals surface area contributed by atoms with Crippen LogP contribution in [0.4, 0.5) is 0 Å². The summed E-state index contributed by atoms with van der Waals surface area (Å²) in [5, 5.41) is 11.2. The van der Waals surface area contributed by atoms with E-state index in [4.69, 9.17) is 0 Å². The van der Waals surface area contributed by atoms with Crippen molar-refractivity contribution in [2.24, 2.45) is 7.05 Å². The normalized spacial score (nSPS) is 12.4. The predicted octanol–water partition coefficient (Wildman–Crippen LogP) is 1.89. The lowest BCUT2D eigenvalue weighted by Crippen LogP contribution is -2.29. The van der Waals surface area contributed by atoms with Crippen LogP contribution in [0, 0.1) is 0 Å². The molecule has 2 aromatic heterocycles. The van der Waals surface area contributed by atoms with Crippen molar-refractivity contribution >= 4 is 21.8 Å². The van der Waals surface area contributed by atoms with Crippen LogP contribution in [0.15, 0.2) is 22.9 Å². The molecule has 0 saturated carbocycles. The molecule has 1 unspecified atom stereocenters. The van der Waals surface area contributed by atoms with Crippen LogP contribution in [0.1, 0.15) is 36.1 Å². The number of nitrogens with zero attached hydrogens (tertiary/aromatic N) is 4. The summed E-state index contributed by atoms with van der Waals surface area (Å²) in [5.74, 6) is -0.205. The molecule has 0 aliphatic heterocycles. The summed E-state index contributed by atoms with van der Waals surface area (Å²) < 4.78 is 4.14. The largest absolute Gasteiger partial charge is 0.343 e. The molecule has 0 spiro atoms. The molecule has 1 N–H and O–H groups in total. The maximum atomic E-state index is 12.1. The summed E-state index contributed by atoms with van der Waals surface area (Å²) >= 11 is 3.32. The van der Waals surface area contributed by atoms with Crippen LogP contribution in [0.5, 0.6) is 0 Å². The first kappa shape index (κ1) is 13.8. The van der Waals surface area contributed by atoms with Crippen molar-refractivity contribution in [3.8, 4) is 0 Å². The molecule has 2 heterocycles. The van der Waals surface area contributed by atoms with Crippen molar-refractivity contribution in [3.05, 3.63) is 34.3 Å². The lowest BCUT2D eigenvalue weighted by Gasteiger charge is -2.14. The fraction of sp³-hybridized carbons (Fsp3) is 0.417. The van der Waals surface area contributed by atoms with Gasteiger partial charge in [0.25, 0.3) is 5.91 Å². The molecule has 1 atom stereocenters. The summed E-state index contributed by atoms with van der Waals surface area (Å²) in [6.45, 7) is 4.72. The minimum atomic E-state index is -0.205. The van der Waals surface area contributed by atoms with Crippen molar-refractivity contribution in [1.82, 2.24) is 24.9 Å². The second kappa shape index (κ2) is 5.56. The molecule has 102 valence electrons. The number of carbonyl (C=O) groups excluding carboxylic acids is 1. The number of hydrogen-bond donors (Lipinski definition) is 1. The Bertz CT molecular complexity index is 589. The van der Waals surface area contributed by atoms with Crippen molar-refractivity contribution in [2.45, 2.75) is 26.4 Å². The van der Waals surface area contributed by atoms with Crippen LogP contribution in [-0.2, 0) is 13.6 Å². The second-order valence-corrected chi connectivity index (χ2v) is 5.12. The van der Waals surface area contributed by atoms with Gasteiger partial charge in [0, 0.05) is 26.0 Å². The standard InChI is InChI=1S/C12H16BrN5O/c1-4-18-10(5-6-14-18)8(2)15-12(19)11-9(13)7-17(3)16-11/h5-8H,4H2,1-3H3,(H,15,19). The molecule has 0 aliphatic rings. The highest BCUT2D eigenvalue weighted by atomic mass is 79.9. The maximum Gasteiger partial charge on any atom is 0.273 e. The minimum absolute atomic E-state index is 0.121. The van der Waals surface area contributed by atoms with E-state index >= 15 is 0 Å². The lowest BCUT2D eigenvalue weighted by molar-refractivity contribution is 0.0931. The minimum Gasteiger partial charge on any atom is -0.343 e. The van der Waals surface area contributed by atoms with Gasteiger partial charge in [0.1, 0.15) is 0 Å². The topological polar surface area (TPSA) is 64.7 Å². The summed E-state index contributed by atoms with van der Waals surface area (Å²) in [7, 11) is 1.77. The number of nitrogens with one attached hydrogen (secondary N) is 1. The average Bonchev–Trinajstić information content (AvgIpc) is 2.95. The van der Waals surface area contributed by atoms with Crippen LogP contribution in [0.2, 0.25) is 0 Å². The summed E-state index contributed by atoms with van der Waals surface area (Å²) in [6, 6.07) is 1.78.